The predicted octanol–water partition coefficient (Wildman–Crippen LogP) is 2.57. The van der Waals surface area contributed by atoms with Crippen LogP contribution in [0.3, 0.4) is 0 Å². The third-order valence-electron chi connectivity index (χ3n) is 1.71. The molecule has 0 aromatic heterocycles. The lowest BCUT2D eigenvalue weighted by atomic mass is 10.1. The van der Waals surface area contributed by atoms with Crippen molar-refractivity contribution >= 4 is 5.70 Å². The summed E-state index contributed by atoms with van der Waals surface area (Å²) in [5.74, 6) is -0.224. The van der Waals surface area contributed by atoms with E-state index in [4.69, 9.17) is 0 Å². The Kier molecular flexibility index (Phi) is 3.26. The van der Waals surface area contributed by atoms with Crippen LogP contribution in [0.15, 0.2) is 43.0 Å². The van der Waals surface area contributed by atoms with E-state index in [1.807, 2.05) is 13.1 Å². The lowest BCUT2D eigenvalue weighted by Crippen LogP contribution is -2.03. The van der Waals surface area contributed by atoms with Crippen molar-refractivity contribution in [3.63, 3.8) is 0 Å². The fourth-order valence-corrected chi connectivity index (χ4v) is 1.07. The molecule has 0 radical (unpaired) electrons. The average Bonchev–Trinajstić information content (AvgIpc) is 2.16. The summed E-state index contributed by atoms with van der Waals surface area (Å²) in [6.45, 7) is 3.60. The van der Waals surface area contributed by atoms with Crippen molar-refractivity contribution in [1.82, 2.24) is 5.32 Å². The molecule has 1 aromatic rings. The molecule has 0 fully saturated rings. The molecular formula is C11H12FN. The van der Waals surface area contributed by atoms with Gasteiger partial charge in [0.2, 0.25) is 0 Å². The molecule has 2 heteroatoms. The van der Waals surface area contributed by atoms with Gasteiger partial charge < -0.3 is 5.32 Å². The minimum atomic E-state index is -0.224. The molecule has 0 aliphatic carbocycles. The van der Waals surface area contributed by atoms with E-state index in [9.17, 15) is 4.39 Å². The number of allylic oxidation sites excluding steroid dienone is 2. The lowest BCUT2D eigenvalue weighted by Gasteiger charge is -2.05. The Morgan fingerprint density at radius 1 is 1.38 bits per heavy atom. The maximum Gasteiger partial charge on any atom is 0.123 e. The Bertz CT molecular complexity index is 311. The monoisotopic (exact) mass is 177 g/mol. The Labute approximate surface area is 77.6 Å². The maximum atomic E-state index is 12.6. The molecule has 13 heavy (non-hydrogen) atoms. The van der Waals surface area contributed by atoms with Crippen LogP contribution in [0.1, 0.15) is 5.56 Å². The van der Waals surface area contributed by atoms with Crippen molar-refractivity contribution in [2.24, 2.45) is 0 Å². The van der Waals surface area contributed by atoms with Gasteiger partial charge in [0.15, 0.2) is 0 Å². The summed E-state index contributed by atoms with van der Waals surface area (Å²) in [5, 5.41) is 3.01. The average molecular weight is 177 g/mol. The van der Waals surface area contributed by atoms with Crippen molar-refractivity contribution < 1.29 is 4.39 Å². The number of nitrogens with one attached hydrogen (secondary N) is 1. The summed E-state index contributed by atoms with van der Waals surface area (Å²) >= 11 is 0. The van der Waals surface area contributed by atoms with Gasteiger partial charge in [-0.3, -0.25) is 0 Å². The van der Waals surface area contributed by atoms with Gasteiger partial charge in [0.1, 0.15) is 5.82 Å². The van der Waals surface area contributed by atoms with Crippen LogP contribution in [0.5, 0.6) is 0 Å². The van der Waals surface area contributed by atoms with Crippen LogP contribution in [0.25, 0.3) is 5.70 Å². The fraction of sp³-hybridized carbons (Fsp3) is 0.0909. The Morgan fingerprint density at radius 2 is 2.00 bits per heavy atom. The molecular weight excluding hydrogens is 165 g/mol. The zero-order valence-electron chi connectivity index (χ0n) is 7.55. The molecule has 0 atom stereocenters. The fourth-order valence-electron chi connectivity index (χ4n) is 1.07. The van der Waals surface area contributed by atoms with E-state index in [1.54, 1.807) is 18.2 Å². The van der Waals surface area contributed by atoms with Crippen LogP contribution in [-0.2, 0) is 0 Å². The number of hydrogen-bond acceptors (Lipinski definition) is 1. The number of hydrogen-bond donors (Lipinski definition) is 1. The molecule has 1 rings (SSSR count). The molecule has 0 saturated heterocycles. The highest BCUT2D eigenvalue weighted by atomic mass is 19.1. The molecule has 0 aliphatic heterocycles. The van der Waals surface area contributed by atoms with Gasteiger partial charge in [-0.1, -0.05) is 24.8 Å². The van der Waals surface area contributed by atoms with E-state index in [2.05, 4.69) is 11.9 Å². The third kappa shape index (κ3) is 2.44. The van der Waals surface area contributed by atoms with Crippen molar-refractivity contribution in [3.05, 3.63) is 54.4 Å². The first kappa shape index (κ1) is 9.52. The molecule has 1 nitrogen and oxygen atoms in total. The predicted molar refractivity (Wildman–Crippen MR) is 53.6 cm³/mol. The van der Waals surface area contributed by atoms with Crippen LogP contribution < -0.4 is 5.32 Å². The summed E-state index contributed by atoms with van der Waals surface area (Å²) in [4.78, 5) is 0. The second-order valence-electron chi connectivity index (χ2n) is 2.57. The molecule has 0 unspecified atom stereocenters. The molecule has 0 saturated carbocycles. The van der Waals surface area contributed by atoms with E-state index < -0.39 is 0 Å². The maximum absolute atomic E-state index is 12.6. The van der Waals surface area contributed by atoms with Crippen molar-refractivity contribution in [2.45, 2.75) is 0 Å². The summed E-state index contributed by atoms with van der Waals surface area (Å²) in [6, 6.07) is 6.32. The number of rotatable bonds is 3. The largest absolute Gasteiger partial charge is 0.388 e. The Hall–Kier alpha value is -1.57. The van der Waals surface area contributed by atoms with Crippen molar-refractivity contribution in [2.75, 3.05) is 7.05 Å². The van der Waals surface area contributed by atoms with E-state index in [0.717, 1.165) is 11.3 Å². The first-order valence-corrected chi connectivity index (χ1v) is 4.04. The van der Waals surface area contributed by atoms with Crippen LogP contribution in [0.2, 0.25) is 0 Å². The summed E-state index contributed by atoms with van der Waals surface area (Å²) in [6.07, 6.45) is 3.53. The molecule has 68 valence electrons. The topological polar surface area (TPSA) is 12.0 Å². The highest BCUT2D eigenvalue weighted by molar-refractivity contribution is 5.64. The van der Waals surface area contributed by atoms with Gasteiger partial charge in [-0.25, -0.2) is 4.39 Å². The normalized spacial score (nSPS) is 11.1. The summed E-state index contributed by atoms with van der Waals surface area (Å²) in [5.41, 5.74) is 1.87. The van der Waals surface area contributed by atoms with Crippen LogP contribution in [0, 0.1) is 5.82 Å². The zero-order valence-corrected chi connectivity index (χ0v) is 7.55. The first-order chi connectivity index (χ1) is 6.27. The minimum Gasteiger partial charge on any atom is -0.388 e. The lowest BCUT2D eigenvalue weighted by molar-refractivity contribution is 0.627. The number of benzene rings is 1. The van der Waals surface area contributed by atoms with E-state index in [-0.39, 0.29) is 5.82 Å². The minimum absolute atomic E-state index is 0.224. The molecule has 1 aromatic carbocycles. The molecule has 1 N–H and O–H groups in total. The Morgan fingerprint density at radius 3 is 2.46 bits per heavy atom. The van der Waals surface area contributed by atoms with E-state index >= 15 is 0 Å². The molecule has 0 heterocycles. The molecule has 0 bridgehead atoms. The van der Waals surface area contributed by atoms with Gasteiger partial charge in [0.25, 0.3) is 0 Å². The highest BCUT2D eigenvalue weighted by Crippen LogP contribution is 2.11. The quantitative estimate of drug-likeness (QED) is 0.700. The Balaban J connectivity index is 2.99. The summed E-state index contributed by atoms with van der Waals surface area (Å²) < 4.78 is 12.6. The van der Waals surface area contributed by atoms with Gasteiger partial charge in [-0.05, 0) is 23.8 Å². The standard InChI is InChI=1S/C11H12FN/c1-3-4-11(13-2)9-5-7-10(12)8-6-9/h3-8,13H,1H2,2H3/b11-4-. The second kappa shape index (κ2) is 4.45. The summed E-state index contributed by atoms with van der Waals surface area (Å²) in [7, 11) is 1.82. The second-order valence-corrected chi connectivity index (χ2v) is 2.57. The molecule has 0 spiro atoms. The smallest absolute Gasteiger partial charge is 0.123 e. The molecule has 0 amide bonds. The van der Waals surface area contributed by atoms with E-state index in [0.29, 0.717) is 0 Å². The number of halogens is 1. The zero-order chi connectivity index (χ0) is 9.68. The van der Waals surface area contributed by atoms with E-state index in [1.165, 1.54) is 12.1 Å². The van der Waals surface area contributed by atoms with Gasteiger partial charge in [-0.2, -0.15) is 0 Å². The van der Waals surface area contributed by atoms with Gasteiger partial charge in [-0.15, -0.1) is 0 Å². The first-order valence-electron chi connectivity index (χ1n) is 4.04. The van der Waals surface area contributed by atoms with Crippen LogP contribution in [-0.4, -0.2) is 7.05 Å². The van der Waals surface area contributed by atoms with Gasteiger partial charge >= 0.3 is 0 Å². The van der Waals surface area contributed by atoms with Gasteiger partial charge in [0, 0.05) is 12.7 Å². The van der Waals surface area contributed by atoms with Crippen LogP contribution >= 0.6 is 0 Å². The highest BCUT2D eigenvalue weighted by Gasteiger charge is 1.97. The van der Waals surface area contributed by atoms with Crippen molar-refractivity contribution in [1.29, 1.82) is 0 Å². The molecule has 0 aliphatic rings. The third-order valence-corrected chi connectivity index (χ3v) is 1.71. The van der Waals surface area contributed by atoms with Crippen molar-refractivity contribution in [3.8, 4) is 0 Å². The van der Waals surface area contributed by atoms with Gasteiger partial charge in [0.05, 0.1) is 0 Å². The SMILES string of the molecule is C=C/C=C(\NC)c1ccc(F)cc1. The van der Waals surface area contributed by atoms with Crippen LogP contribution in [0.4, 0.5) is 4.39 Å².